The quantitative estimate of drug-likeness (QED) is 0.642. The molecular weight excluding hydrogens is 333 g/mol. The highest BCUT2D eigenvalue weighted by molar-refractivity contribution is 7.10. The fourth-order valence-electron chi connectivity index (χ4n) is 2.07. The van der Waals surface area contributed by atoms with Gasteiger partial charge in [0.25, 0.3) is 0 Å². The Hall–Kier alpha value is -0.250. The first-order valence-corrected chi connectivity index (χ1v) is 8.48. The Bertz CT molecular complexity index is 595. The van der Waals surface area contributed by atoms with Crippen molar-refractivity contribution in [3.8, 4) is 0 Å². The highest BCUT2D eigenvalue weighted by Gasteiger charge is 2.14. The van der Waals surface area contributed by atoms with Crippen LogP contribution in [-0.4, -0.2) is 0 Å². The molecule has 1 N–H and O–H groups in total. The zero-order valence-corrected chi connectivity index (χ0v) is 14.4. The van der Waals surface area contributed by atoms with E-state index in [2.05, 4.69) is 30.6 Å². The van der Waals surface area contributed by atoms with Crippen molar-refractivity contribution in [3.63, 3.8) is 0 Å². The minimum Gasteiger partial charge on any atom is -0.305 e. The molecule has 1 atom stereocenters. The number of hydrogen-bond donors (Lipinski definition) is 1. The van der Waals surface area contributed by atoms with Gasteiger partial charge in [-0.05, 0) is 42.0 Å². The van der Waals surface area contributed by atoms with Crippen molar-refractivity contribution in [2.75, 3.05) is 0 Å². The normalized spacial score (nSPS) is 12.7. The van der Waals surface area contributed by atoms with Crippen LogP contribution in [0.2, 0.25) is 15.1 Å². The molecule has 5 heteroatoms. The number of aryl methyl sites for hydroxylation is 1. The Morgan fingerprint density at radius 2 is 1.90 bits per heavy atom. The van der Waals surface area contributed by atoms with Gasteiger partial charge in [-0.1, -0.05) is 47.8 Å². The molecule has 0 amide bonds. The van der Waals surface area contributed by atoms with E-state index >= 15 is 0 Å². The molecule has 1 heterocycles. The van der Waals surface area contributed by atoms with Gasteiger partial charge in [0.15, 0.2) is 0 Å². The summed E-state index contributed by atoms with van der Waals surface area (Å²) < 4.78 is 0. The Balaban J connectivity index is 2.09. The lowest BCUT2D eigenvalue weighted by Gasteiger charge is -2.17. The number of benzene rings is 1. The summed E-state index contributed by atoms with van der Waals surface area (Å²) in [6.07, 6.45) is 1.06. The van der Waals surface area contributed by atoms with E-state index in [9.17, 15) is 0 Å². The summed E-state index contributed by atoms with van der Waals surface area (Å²) >= 11 is 20.1. The minimum atomic E-state index is 0.115. The van der Waals surface area contributed by atoms with Gasteiger partial charge in [0.2, 0.25) is 0 Å². The minimum absolute atomic E-state index is 0.115. The first-order valence-electron chi connectivity index (χ1n) is 6.46. The molecule has 0 spiro atoms. The van der Waals surface area contributed by atoms with Gasteiger partial charge in [-0.25, -0.2) is 0 Å². The third-order valence-corrected chi connectivity index (χ3v) is 5.59. The summed E-state index contributed by atoms with van der Waals surface area (Å²) in [5.74, 6) is 0. The number of halogens is 3. The van der Waals surface area contributed by atoms with E-state index < -0.39 is 0 Å². The van der Waals surface area contributed by atoms with Crippen LogP contribution in [0, 0.1) is 0 Å². The van der Waals surface area contributed by atoms with Crippen LogP contribution in [0.5, 0.6) is 0 Å². The predicted octanol–water partition coefficient (Wildman–Crippen LogP) is 6.12. The van der Waals surface area contributed by atoms with Crippen molar-refractivity contribution in [1.29, 1.82) is 0 Å². The smallest absolute Gasteiger partial charge is 0.0781 e. The molecule has 2 rings (SSSR count). The second-order valence-corrected chi connectivity index (χ2v) is 6.75. The standard InChI is InChI=1S/C15H16Cl3NS/c1-3-10-6-7-20-13(10)8-19-9(2)11-4-5-12(16)15(18)14(11)17/h4-7,9,19H,3,8H2,1-2H3. The summed E-state index contributed by atoms with van der Waals surface area (Å²) in [6, 6.07) is 6.00. The van der Waals surface area contributed by atoms with Crippen molar-refractivity contribution < 1.29 is 0 Å². The van der Waals surface area contributed by atoms with Gasteiger partial charge in [0, 0.05) is 17.5 Å². The molecule has 108 valence electrons. The van der Waals surface area contributed by atoms with Crippen LogP contribution in [-0.2, 0) is 13.0 Å². The SMILES string of the molecule is CCc1ccsc1CNC(C)c1ccc(Cl)c(Cl)c1Cl. The number of rotatable bonds is 5. The van der Waals surface area contributed by atoms with E-state index in [1.165, 1.54) is 10.4 Å². The molecule has 0 radical (unpaired) electrons. The van der Waals surface area contributed by atoms with Gasteiger partial charge in [-0.2, -0.15) is 0 Å². The summed E-state index contributed by atoms with van der Waals surface area (Å²) in [4.78, 5) is 1.37. The molecule has 0 aliphatic heterocycles. The topological polar surface area (TPSA) is 12.0 Å². The average Bonchev–Trinajstić information content (AvgIpc) is 2.90. The average molecular weight is 349 g/mol. The van der Waals surface area contributed by atoms with E-state index in [-0.39, 0.29) is 6.04 Å². The summed E-state index contributed by atoms with van der Waals surface area (Å²) in [7, 11) is 0. The van der Waals surface area contributed by atoms with Gasteiger partial charge in [0.1, 0.15) is 0 Å². The molecule has 0 fully saturated rings. The molecule has 20 heavy (non-hydrogen) atoms. The maximum Gasteiger partial charge on any atom is 0.0781 e. The largest absolute Gasteiger partial charge is 0.305 e. The number of nitrogens with one attached hydrogen (secondary N) is 1. The maximum atomic E-state index is 6.26. The van der Waals surface area contributed by atoms with Crippen molar-refractivity contribution in [1.82, 2.24) is 5.32 Å². The fraction of sp³-hybridized carbons (Fsp3) is 0.333. The van der Waals surface area contributed by atoms with Gasteiger partial charge in [-0.15, -0.1) is 11.3 Å². The maximum absolute atomic E-state index is 6.26. The van der Waals surface area contributed by atoms with E-state index in [1.54, 1.807) is 17.4 Å². The van der Waals surface area contributed by atoms with Crippen molar-refractivity contribution in [3.05, 3.63) is 54.7 Å². The molecule has 0 aliphatic rings. The van der Waals surface area contributed by atoms with Crippen LogP contribution < -0.4 is 5.32 Å². The zero-order chi connectivity index (χ0) is 14.7. The summed E-state index contributed by atoms with van der Waals surface area (Å²) in [5.41, 5.74) is 2.37. The Morgan fingerprint density at radius 3 is 2.60 bits per heavy atom. The monoisotopic (exact) mass is 347 g/mol. The van der Waals surface area contributed by atoms with Gasteiger partial charge < -0.3 is 5.32 Å². The second-order valence-electron chi connectivity index (χ2n) is 4.59. The molecule has 0 saturated carbocycles. The van der Waals surface area contributed by atoms with Crippen LogP contribution in [0.4, 0.5) is 0 Å². The summed E-state index contributed by atoms with van der Waals surface area (Å²) in [6.45, 7) is 5.08. The highest BCUT2D eigenvalue weighted by atomic mass is 35.5. The molecular formula is C15H16Cl3NS. The molecule has 2 aromatic rings. The molecule has 1 aromatic carbocycles. The van der Waals surface area contributed by atoms with Crippen LogP contribution in [0.3, 0.4) is 0 Å². The Labute approximate surface area is 138 Å². The fourth-order valence-corrected chi connectivity index (χ4v) is 3.70. The van der Waals surface area contributed by atoms with Crippen molar-refractivity contribution in [2.24, 2.45) is 0 Å². The molecule has 1 nitrogen and oxygen atoms in total. The highest BCUT2D eigenvalue weighted by Crippen LogP contribution is 2.35. The molecule has 0 saturated heterocycles. The Morgan fingerprint density at radius 1 is 1.15 bits per heavy atom. The number of thiophene rings is 1. The summed E-state index contributed by atoms with van der Waals surface area (Å²) in [5, 5.41) is 7.05. The van der Waals surface area contributed by atoms with Crippen molar-refractivity contribution in [2.45, 2.75) is 32.9 Å². The first kappa shape index (κ1) is 16.1. The van der Waals surface area contributed by atoms with E-state index in [4.69, 9.17) is 34.8 Å². The Kier molecular flexibility index (Phi) is 5.76. The molecule has 0 aliphatic carbocycles. The van der Waals surface area contributed by atoms with E-state index in [1.807, 2.05) is 6.07 Å². The van der Waals surface area contributed by atoms with Crippen LogP contribution in [0.1, 0.15) is 35.9 Å². The lowest BCUT2D eigenvalue weighted by molar-refractivity contribution is 0.577. The van der Waals surface area contributed by atoms with Gasteiger partial charge in [-0.3, -0.25) is 0 Å². The van der Waals surface area contributed by atoms with Crippen molar-refractivity contribution >= 4 is 46.1 Å². The van der Waals surface area contributed by atoms with Crippen LogP contribution in [0.15, 0.2) is 23.6 Å². The van der Waals surface area contributed by atoms with Crippen LogP contribution in [0.25, 0.3) is 0 Å². The second kappa shape index (κ2) is 7.15. The molecule has 1 aromatic heterocycles. The third-order valence-electron chi connectivity index (χ3n) is 3.32. The lowest BCUT2D eigenvalue weighted by atomic mass is 10.1. The molecule has 1 unspecified atom stereocenters. The zero-order valence-electron chi connectivity index (χ0n) is 11.3. The van der Waals surface area contributed by atoms with E-state index in [0.29, 0.717) is 15.1 Å². The van der Waals surface area contributed by atoms with Gasteiger partial charge >= 0.3 is 0 Å². The lowest BCUT2D eigenvalue weighted by Crippen LogP contribution is -2.18. The first-order chi connectivity index (χ1) is 9.54. The van der Waals surface area contributed by atoms with E-state index in [0.717, 1.165) is 18.5 Å². The van der Waals surface area contributed by atoms with Crippen LogP contribution >= 0.6 is 46.1 Å². The molecule has 0 bridgehead atoms. The predicted molar refractivity (Wildman–Crippen MR) is 90.4 cm³/mol. The third kappa shape index (κ3) is 3.49. The van der Waals surface area contributed by atoms with Gasteiger partial charge in [0.05, 0.1) is 15.1 Å². The number of hydrogen-bond acceptors (Lipinski definition) is 2.